The van der Waals surface area contributed by atoms with E-state index in [9.17, 15) is 4.79 Å². The molecule has 0 aliphatic carbocycles. The third kappa shape index (κ3) is 5.03. The molecule has 1 aliphatic rings. The number of methoxy groups -OCH3 is 1. The van der Waals surface area contributed by atoms with Crippen LogP contribution in [0.2, 0.25) is 0 Å². The second kappa shape index (κ2) is 9.79. The van der Waals surface area contributed by atoms with E-state index in [1.54, 1.807) is 19.3 Å². The van der Waals surface area contributed by atoms with E-state index in [1.807, 2.05) is 47.4 Å². The number of likely N-dealkylation sites (tertiary alicyclic amines) is 1. The maximum absolute atomic E-state index is 12.8. The van der Waals surface area contributed by atoms with E-state index in [0.29, 0.717) is 18.1 Å². The first-order valence-electron chi connectivity index (χ1n) is 9.65. The van der Waals surface area contributed by atoms with E-state index in [0.717, 1.165) is 31.4 Å². The number of ether oxygens (including phenoxy) is 2. The Balaban J connectivity index is 1.66. The molecule has 0 bridgehead atoms. The van der Waals surface area contributed by atoms with Gasteiger partial charge in [-0.1, -0.05) is 49.1 Å². The molecule has 3 rings (SSSR count). The van der Waals surface area contributed by atoms with E-state index >= 15 is 0 Å². The first-order chi connectivity index (χ1) is 13.7. The molecule has 2 aromatic rings. The van der Waals surface area contributed by atoms with Gasteiger partial charge in [0.2, 0.25) is 5.91 Å². The van der Waals surface area contributed by atoms with Crippen LogP contribution in [0.5, 0.6) is 11.5 Å². The molecule has 4 heteroatoms. The molecule has 1 fully saturated rings. The van der Waals surface area contributed by atoms with E-state index < -0.39 is 0 Å². The van der Waals surface area contributed by atoms with Gasteiger partial charge in [0.1, 0.15) is 6.61 Å². The van der Waals surface area contributed by atoms with Crippen molar-refractivity contribution in [1.82, 2.24) is 4.90 Å². The van der Waals surface area contributed by atoms with Gasteiger partial charge in [-0.2, -0.15) is 0 Å². The lowest BCUT2D eigenvalue weighted by molar-refractivity contribution is -0.126. The average Bonchev–Trinajstić information content (AvgIpc) is 3.19. The Kier molecular flexibility index (Phi) is 6.90. The van der Waals surface area contributed by atoms with Crippen molar-refractivity contribution in [1.29, 1.82) is 0 Å². The Morgan fingerprint density at radius 2 is 2.04 bits per heavy atom. The zero-order chi connectivity index (χ0) is 19.8. The SMILES string of the molecule is C=CCOc1ccc(/C=C/C(=O)N2CCCC2Cc2ccccc2)cc1OC. The minimum Gasteiger partial charge on any atom is -0.493 e. The summed E-state index contributed by atoms with van der Waals surface area (Å²) in [6.45, 7) is 4.88. The molecule has 1 unspecified atom stereocenters. The predicted octanol–water partition coefficient (Wildman–Crippen LogP) is 4.51. The van der Waals surface area contributed by atoms with Gasteiger partial charge in [0.15, 0.2) is 11.5 Å². The Labute approximate surface area is 167 Å². The van der Waals surface area contributed by atoms with Gasteiger partial charge in [0.05, 0.1) is 7.11 Å². The van der Waals surface area contributed by atoms with Gasteiger partial charge in [0, 0.05) is 18.7 Å². The zero-order valence-corrected chi connectivity index (χ0v) is 16.3. The quantitative estimate of drug-likeness (QED) is 0.502. The standard InChI is InChI=1S/C24H27NO3/c1-3-16-28-22-13-11-20(18-23(22)27-2)12-14-24(26)25-15-7-10-21(25)17-19-8-5-4-6-9-19/h3-6,8-9,11-14,18,21H,1,7,10,15-17H2,2H3/b14-12+. The van der Waals surface area contributed by atoms with Crippen molar-refractivity contribution in [2.24, 2.45) is 0 Å². The van der Waals surface area contributed by atoms with Crippen LogP contribution in [0.15, 0.2) is 67.3 Å². The third-order valence-corrected chi connectivity index (χ3v) is 4.94. The van der Waals surface area contributed by atoms with Gasteiger partial charge in [-0.25, -0.2) is 0 Å². The van der Waals surface area contributed by atoms with Crippen LogP contribution >= 0.6 is 0 Å². The molecule has 0 saturated carbocycles. The van der Waals surface area contributed by atoms with Crippen molar-refractivity contribution in [3.63, 3.8) is 0 Å². The Morgan fingerprint density at radius 3 is 2.79 bits per heavy atom. The summed E-state index contributed by atoms with van der Waals surface area (Å²) in [6, 6.07) is 16.3. The fourth-order valence-corrected chi connectivity index (χ4v) is 3.54. The molecular weight excluding hydrogens is 350 g/mol. The van der Waals surface area contributed by atoms with Crippen LogP contribution < -0.4 is 9.47 Å². The maximum atomic E-state index is 12.8. The van der Waals surface area contributed by atoms with Crippen LogP contribution in [0, 0.1) is 0 Å². The van der Waals surface area contributed by atoms with Crippen LogP contribution in [-0.2, 0) is 11.2 Å². The number of carbonyl (C=O) groups excluding carboxylic acids is 1. The van der Waals surface area contributed by atoms with Gasteiger partial charge >= 0.3 is 0 Å². The summed E-state index contributed by atoms with van der Waals surface area (Å²) < 4.78 is 11.0. The Morgan fingerprint density at radius 1 is 1.21 bits per heavy atom. The molecule has 146 valence electrons. The normalized spacial score (nSPS) is 16.3. The first kappa shape index (κ1) is 19.7. The average molecular weight is 377 g/mol. The lowest BCUT2D eigenvalue weighted by atomic mass is 10.0. The number of amides is 1. The van der Waals surface area contributed by atoms with E-state index in [4.69, 9.17) is 9.47 Å². The highest BCUT2D eigenvalue weighted by atomic mass is 16.5. The van der Waals surface area contributed by atoms with Crippen molar-refractivity contribution < 1.29 is 14.3 Å². The molecular formula is C24H27NO3. The fourth-order valence-electron chi connectivity index (χ4n) is 3.54. The number of hydrogen-bond donors (Lipinski definition) is 0. The molecule has 4 nitrogen and oxygen atoms in total. The predicted molar refractivity (Wildman–Crippen MR) is 113 cm³/mol. The summed E-state index contributed by atoms with van der Waals surface area (Å²) in [4.78, 5) is 14.7. The monoisotopic (exact) mass is 377 g/mol. The van der Waals surface area contributed by atoms with Gasteiger partial charge in [-0.3, -0.25) is 4.79 Å². The summed E-state index contributed by atoms with van der Waals surface area (Å²) in [7, 11) is 1.60. The van der Waals surface area contributed by atoms with E-state index in [2.05, 4.69) is 18.7 Å². The highest BCUT2D eigenvalue weighted by molar-refractivity contribution is 5.92. The summed E-state index contributed by atoms with van der Waals surface area (Å²) in [5.41, 5.74) is 2.17. The van der Waals surface area contributed by atoms with Crippen LogP contribution in [0.4, 0.5) is 0 Å². The van der Waals surface area contributed by atoms with Crippen LogP contribution in [-0.4, -0.2) is 37.1 Å². The van der Waals surface area contributed by atoms with E-state index in [-0.39, 0.29) is 11.9 Å². The minimum absolute atomic E-state index is 0.0596. The molecule has 2 aromatic carbocycles. The molecule has 1 aliphatic heterocycles. The second-order valence-corrected chi connectivity index (χ2v) is 6.86. The van der Waals surface area contributed by atoms with Gasteiger partial charge in [-0.15, -0.1) is 0 Å². The summed E-state index contributed by atoms with van der Waals surface area (Å²) >= 11 is 0. The number of carbonyl (C=O) groups is 1. The Bertz CT molecular complexity index is 829. The third-order valence-electron chi connectivity index (χ3n) is 4.94. The molecule has 0 aromatic heterocycles. The highest BCUT2D eigenvalue weighted by Crippen LogP contribution is 2.29. The van der Waals surface area contributed by atoms with Crippen molar-refractivity contribution in [3.05, 3.63) is 78.4 Å². The number of hydrogen-bond acceptors (Lipinski definition) is 3. The fraction of sp³-hybridized carbons (Fsp3) is 0.292. The summed E-state index contributed by atoms with van der Waals surface area (Å²) in [6.07, 6.45) is 8.19. The van der Waals surface area contributed by atoms with Crippen LogP contribution in [0.25, 0.3) is 6.08 Å². The molecule has 28 heavy (non-hydrogen) atoms. The zero-order valence-electron chi connectivity index (χ0n) is 16.3. The lowest BCUT2D eigenvalue weighted by Gasteiger charge is -2.23. The van der Waals surface area contributed by atoms with E-state index in [1.165, 1.54) is 5.56 Å². The van der Waals surface area contributed by atoms with Gasteiger partial charge in [-0.05, 0) is 48.6 Å². The van der Waals surface area contributed by atoms with Crippen molar-refractivity contribution in [2.75, 3.05) is 20.3 Å². The maximum Gasteiger partial charge on any atom is 0.246 e. The molecule has 1 heterocycles. The molecule has 1 saturated heterocycles. The molecule has 0 N–H and O–H groups in total. The molecule has 1 amide bonds. The Hall–Kier alpha value is -3.01. The molecule has 0 spiro atoms. The molecule has 0 radical (unpaired) electrons. The second-order valence-electron chi connectivity index (χ2n) is 6.86. The number of benzene rings is 2. The van der Waals surface area contributed by atoms with Crippen molar-refractivity contribution in [3.8, 4) is 11.5 Å². The van der Waals surface area contributed by atoms with Gasteiger partial charge in [0.25, 0.3) is 0 Å². The lowest BCUT2D eigenvalue weighted by Crippen LogP contribution is -2.35. The smallest absolute Gasteiger partial charge is 0.246 e. The van der Waals surface area contributed by atoms with Crippen molar-refractivity contribution >= 4 is 12.0 Å². The van der Waals surface area contributed by atoms with Crippen LogP contribution in [0.3, 0.4) is 0 Å². The van der Waals surface area contributed by atoms with Crippen molar-refractivity contribution in [2.45, 2.75) is 25.3 Å². The minimum atomic E-state index is 0.0596. The summed E-state index contributed by atoms with van der Waals surface area (Å²) in [5, 5.41) is 0. The van der Waals surface area contributed by atoms with Crippen LogP contribution in [0.1, 0.15) is 24.0 Å². The largest absolute Gasteiger partial charge is 0.493 e. The molecule has 1 atom stereocenters. The first-order valence-corrected chi connectivity index (χ1v) is 9.65. The summed E-state index contributed by atoms with van der Waals surface area (Å²) in [5.74, 6) is 1.36. The van der Waals surface area contributed by atoms with Gasteiger partial charge < -0.3 is 14.4 Å². The number of nitrogens with zero attached hydrogens (tertiary/aromatic N) is 1. The number of rotatable bonds is 8. The highest BCUT2D eigenvalue weighted by Gasteiger charge is 2.27. The topological polar surface area (TPSA) is 38.8 Å².